The van der Waals surface area contributed by atoms with Gasteiger partial charge in [0.1, 0.15) is 11.5 Å². The van der Waals surface area contributed by atoms with Gasteiger partial charge in [-0.05, 0) is 87.2 Å². The highest BCUT2D eigenvalue weighted by Gasteiger charge is 2.52. The van der Waals surface area contributed by atoms with Gasteiger partial charge < -0.3 is 28.1 Å². The molecule has 2 saturated heterocycles. The molecule has 4 rings (SSSR count). The fraction of sp³-hybridized carbons (Fsp3) is 0.714. The molecule has 1 aliphatic carbocycles. The second-order valence-corrected chi connectivity index (χ2v) is 18.9. The van der Waals surface area contributed by atoms with Gasteiger partial charge in [-0.25, -0.2) is 0 Å². The highest BCUT2D eigenvalue weighted by Crippen LogP contribution is 2.48. The molecule has 1 saturated carbocycles. The zero-order valence-electron chi connectivity index (χ0n) is 26.9. The third kappa shape index (κ3) is 9.98. The second-order valence-electron chi connectivity index (χ2n) is 13.7. The number of alkyl halides is 1. The minimum atomic E-state index is -2.12. The molecule has 2 aliphatic heterocycles. The van der Waals surface area contributed by atoms with Gasteiger partial charge >= 0.3 is 0 Å². The van der Waals surface area contributed by atoms with Crippen LogP contribution in [0.15, 0.2) is 42.2 Å². The van der Waals surface area contributed by atoms with Gasteiger partial charge in [0.05, 0.1) is 30.8 Å². The average molecular weight is 633 g/mol. The Morgan fingerprint density at radius 1 is 1.05 bits per heavy atom. The highest BCUT2D eigenvalue weighted by atomic mass is 35.5. The lowest BCUT2D eigenvalue weighted by molar-refractivity contribution is -0.201. The Hall–Kier alpha value is -1.53. The molecular formula is C35H53ClO6Si. The van der Waals surface area contributed by atoms with E-state index < -0.39 is 13.7 Å². The third-order valence-corrected chi connectivity index (χ3v) is 14.2. The molecule has 2 heterocycles. The number of rotatable bonds is 13. The average Bonchev–Trinajstić information content (AvgIpc) is 3.30. The van der Waals surface area contributed by atoms with Gasteiger partial charge in [-0.1, -0.05) is 44.9 Å². The molecule has 1 aromatic carbocycles. The van der Waals surface area contributed by atoms with Crippen molar-refractivity contribution in [1.82, 2.24) is 0 Å². The molecule has 2 unspecified atom stereocenters. The number of hydrogen-bond donors (Lipinski definition) is 0. The molecule has 0 amide bonds. The van der Waals surface area contributed by atoms with Crippen LogP contribution >= 0.6 is 11.6 Å². The van der Waals surface area contributed by atoms with Gasteiger partial charge in [-0.3, -0.25) is 0 Å². The number of ether oxygens (including phenoxy) is 5. The van der Waals surface area contributed by atoms with Crippen molar-refractivity contribution in [1.29, 1.82) is 0 Å². The lowest BCUT2D eigenvalue weighted by Gasteiger charge is -2.40. The van der Waals surface area contributed by atoms with E-state index in [2.05, 4.69) is 45.9 Å². The summed E-state index contributed by atoms with van der Waals surface area (Å²) in [5, 5.41) is -0.360. The van der Waals surface area contributed by atoms with Crippen LogP contribution in [0.1, 0.15) is 78.6 Å². The quantitative estimate of drug-likeness (QED) is 0.0715. The van der Waals surface area contributed by atoms with Crippen LogP contribution in [-0.2, 0) is 23.4 Å². The van der Waals surface area contributed by atoms with Crippen molar-refractivity contribution in [3.8, 4) is 18.1 Å². The molecule has 6 nitrogen and oxygen atoms in total. The SMILES string of the molecule is C#C[C@@H](Cl)C[C@H]1[C@H](C(=CCCOc2ccccc2)OC2CCCCO2)[C@@H](OC2CCCCO2)C[C@H]1O[Si](C)(C)C(C)(C)C. The molecule has 0 aromatic heterocycles. The molecule has 43 heavy (non-hydrogen) atoms. The van der Waals surface area contributed by atoms with Gasteiger partial charge in [0.2, 0.25) is 0 Å². The van der Waals surface area contributed by atoms with E-state index in [1.54, 1.807) is 0 Å². The summed E-state index contributed by atoms with van der Waals surface area (Å²) in [5.74, 6) is 4.41. The van der Waals surface area contributed by atoms with Gasteiger partial charge in [0.25, 0.3) is 0 Å². The molecular weight excluding hydrogens is 580 g/mol. The normalized spacial score (nSPS) is 29.6. The molecule has 0 bridgehead atoms. The van der Waals surface area contributed by atoms with Gasteiger partial charge in [0, 0.05) is 25.4 Å². The van der Waals surface area contributed by atoms with Gasteiger partial charge in [-0.15, -0.1) is 18.0 Å². The van der Waals surface area contributed by atoms with Crippen LogP contribution in [0.4, 0.5) is 0 Å². The maximum absolute atomic E-state index is 7.15. The Kier molecular flexibility index (Phi) is 12.9. The standard InChI is InChI=1S/C35H53ClO6Si/c1-7-26(36)24-28-30(42-43(5,6)35(2,3)4)25-31(41-33-20-12-14-22-39-33)34(28)29(40-32-19-11-13-21-38-32)18-15-23-37-27-16-9-8-10-17-27/h1,8-10,16-18,26,28,30-34H,11-15,19-25H2,2-6H3/t26-,28-,30-,31+,32?,33?,34-/m1/s1. The lowest BCUT2D eigenvalue weighted by Crippen LogP contribution is -2.45. The van der Waals surface area contributed by atoms with Crippen molar-refractivity contribution < 1.29 is 28.1 Å². The second kappa shape index (κ2) is 16.2. The molecule has 240 valence electrons. The van der Waals surface area contributed by atoms with Crippen molar-refractivity contribution in [2.45, 2.75) is 127 Å². The molecule has 0 radical (unpaired) electrons. The molecule has 0 N–H and O–H groups in total. The summed E-state index contributed by atoms with van der Waals surface area (Å²) in [7, 11) is -2.12. The summed E-state index contributed by atoms with van der Waals surface area (Å²) >= 11 is 6.72. The van der Waals surface area contributed by atoms with Crippen LogP contribution in [0.2, 0.25) is 18.1 Å². The first-order chi connectivity index (χ1) is 20.6. The van der Waals surface area contributed by atoms with Crippen LogP contribution in [0.5, 0.6) is 5.75 Å². The van der Waals surface area contributed by atoms with Crippen LogP contribution in [0.25, 0.3) is 0 Å². The van der Waals surface area contributed by atoms with E-state index in [0.717, 1.165) is 63.1 Å². The summed E-state index contributed by atoms with van der Waals surface area (Å²) in [5.41, 5.74) is 0. The maximum atomic E-state index is 7.15. The van der Waals surface area contributed by atoms with Crippen LogP contribution in [0, 0.1) is 24.2 Å². The Balaban J connectivity index is 1.66. The van der Waals surface area contributed by atoms with E-state index in [1.807, 2.05) is 30.3 Å². The zero-order valence-corrected chi connectivity index (χ0v) is 28.7. The fourth-order valence-electron chi connectivity index (χ4n) is 6.01. The summed E-state index contributed by atoms with van der Waals surface area (Å²) < 4.78 is 38.9. The van der Waals surface area contributed by atoms with E-state index in [4.69, 9.17) is 46.1 Å². The van der Waals surface area contributed by atoms with Gasteiger partial charge in [0.15, 0.2) is 20.9 Å². The number of halogens is 1. The van der Waals surface area contributed by atoms with Crippen LogP contribution in [-0.4, -0.2) is 58.3 Å². The predicted molar refractivity (Wildman–Crippen MR) is 175 cm³/mol. The van der Waals surface area contributed by atoms with E-state index >= 15 is 0 Å². The van der Waals surface area contributed by atoms with E-state index in [1.165, 1.54) is 0 Å². The fourth-order valence-corrected chi connectivity index (χ4v) is 7.60. The Labute approximate surface area is 266 Å². The lowest BCUT2D eigenvalue weighted by atomic mass is 9.87. The Morgan fingerprint density at radius 3 is 2.33 bits per heavy atom. The van der Waals surface area contributed by atoms with Crippen LogP contribution < -0.4 is 4.74 Å². The van der Waals surface area contributed by atoms with Crippen LogP contribution in [0.3, 0.4) is 0 Å². The molecule has 8 heteroatoms. The molecule has 1 aromatic rings. The largest absolute Gasteiger partial charge is 0.493 e. The minimum Gasteiger partial charge on any atom is -0.493 e. The summed E-state index contributed by atoms with van der Waals surface area (Å²) in [6.07, 6.45) is 15.4. The molecule has 3 aliphatic rings. The number of benzene rings is 1. The number of hydrogen-bond acceptors (Lipinski definition) is 6. The van der Waals surface area contributed by atoms with Crippen molar-refractivity contribution in [3.05, 3.63) is 42.2 Å². The Morgan fingerprint density at radius 2 is 1.72 bits per heavy atom. The monoisotopic (exact) mass is 632 g/mol. The van der Waals surface area contributed by atoms with E-state index in [0.29, 0.717) is 26.1 Å². The van der Waals surface area contributed by atoms with Crippen molar-refractivity contribution in [3.63, 3.8) is 0 Å². The topological polar surface area (TPSA) is 55.4 Å². The highest BCUT2D eigenvalue weighted by molar-refractivity contribution is 6.74. The zero-order chi connectivity index (χ0) is 30.9. The van der Waals surface area contributed by atoms with E-state index in [9.17, 15) is 0 Å². The van der Waals surface area contributed by atoms with Gasteiger partial charge in [-0.2, -0.15) is 0 Å². The first kappa shape index (κ1) is 34.3. The molecule has 3 fully saturated rings. The third-order valence-electron chi connectivity index (χ3n) is 9.39. The number of terminal acetylenes is 1. The summed E-state index contributed by atoms with van der Waals surface area (Å²) in [6.45, 7) is 13.4. The van der Waals surface area contributed by atoms with E-state index in [-0.39, 0.29) is 41.7 Å². The predicted octanol–water partition coefficient (Wildman–Crippen LogP) is 8.45. The Bertz CT molecular complexity index is 1040. The number of para-hydroxylation sites is 1. The van der Waals surface area contributed by atoms with Crippen molar-refractivity contribution in [2.24, 2.45) is 11.8 Å². The summed E-state index contributed by atoms with van der Waals surface area (Å²) in [6, 6.07) is 9.90. The maximum Gasteiger partial charge on any atom is 0.199 e. The van der Waals surface area contributed by atoms with Crippen molar-refractivity contribution >= 4 is 19.9 Å². The van der Waals surface area contributed by atoms with Crippen molar-refractivity contribution in [2.75, 3.05) is 19.8 Å². The minimum absolute atomic E-state index is 0.0196. The smallest absolute Gasteiger partial charge is 0.199 e. The first-order valence-corrected chi connectivity index (χ1v) is 19.6. The molecule has 7 atom stereocenters. The molecule has 0 spiro atoms. The first-order valence-electron chi connectivity index (χ1n) is 16.3. The summed E-state index contributed by atoms with van der Waals surface area (Å²) in [4.78, 5) is 0.